The van der Waals surface area contributed by atoms with Gasteiger partial charge in [0.15, 0.2) is 0 Å². The van der Waals surface area contributed by atoms with Gasteiger partial charge in [0.2, 0.25) is 0 Å². The Kier molecular flexibility index (Phi) is 3.37. The van der Waals surface area contributed by atoms with Crippen LogP contribution in [0.5, 0.6) is 0 Å². The van der Waals surface area contributed by atoms with E-state index in [0.29, 0.717) is 12.1 Å². The van der Waals surface area contributed by atoms with Crippen molar-refractivity contribution >= 4 is 0 Å². The summed E-state index contributed by atoms with van der Waals surface area (Å²) in [7, 11) is 2.23. The van der Waals surface area contributed by atoms with Crippen LogP contribution in [0.4, 0.5) is 0 Å². The Labute approximate surface area is 110 Å². The van der Waals surface area contributed by atoms with E-state index in [0.717, 1.165) is 13.1 Å². The monoisotopic (exact) mass is 245 g/mol. The summed E-state index contributed by atoms with van der Waals surface area (Å²) in [6, 6.07) is 10.2. The van der Waals surface area contributed by atoms with Gasteiger partial charge in [0, 0.05) is 44.8 Å². The van der Waals surface area contributed by atoms with Crippen LogP contribution in [-0.2, 0) is 0 Å². The number of hydrogen-bond acceptors (Lipinski definition) is 3. The summed E-state index contributed by atoms with van der Waals surface area (Å²) in [5, 5.41) is 3.60. The fourth-order valence-electron chi connectivity index (χ4n) is 3.31. The predicted molar refractivity (Wildman–Crippen MR) is 74.8 cm³/mol. The average Bonchev–Trinajstić information content (AvgIpc) is 2.37. The smallest absolute Gasteiger partial charge is 0.0477 e. The van der Waals surface area contributed by atoms with E-state index in [-0.39, 0.29) is 0 Å². The van der Waals surface area contributed by atoms with Gasteiger partial charge in [-0.2, -0.15) is 0 Å². The summed E-state index contributed by atoms with van der Waals surface area (Å²) >= 11 is 0. The Balaban J connectivity index is 1.83. The van der Waals surface area contributed by atoms with Crippen LogP contribution < -0.4 is 5.32 Å². The molecule has 0 bridgehead atoms. The molecular formula is C15H23N3. The van der Waals surface area contributed by atoms with Gasteiger partial charge < -0.3 is 10.2 Å². The van der Waals surface area contributed by atoms with Gasteiger partial charge in [-0.3, -0.25) is 4.90 Å². The number of nitrogens with zero attached hydrogens (tertiary/aromatic N) is 2. The number of nitrogens with one attached hydrogen (secondary N) is 1. The van der Waals surface area contributed by atoms with Gasteiger partial charge in [-0.15, -0.1) is 0 Å². The summed E-state index contributed by atoms with van der Waals surface area (Å²) in [4.78, 5) is 5.15. The lowest BCUT2D eigenvalue weighted by molar-refractivity contribution is 0.0290. The van der Waals surface area contributed by atoms with Crippen LogP contribution in [0.3, 0.4) is 0 Å². The van der Waals surface area contributed by atoms with Gasteiger partial charge in [-0.1, -0.05) is 29.8 Å². The molecule has 2 aliphatic rings. The number of hydrogen-bond donors (Lipinski definition) is 1. The lowest BCUT2D eigenvalue weighted by atomic mass is 9.97. The van der Waals surface area contributed by atoms with Crippen molar-refractivity contribution in [3.63, 3.8) is 0 Å². The first-order valence-corrected chi connectivity index (χ1v) is 6.95. The zero-order valence-corrected chi connectivity index (χ0v) is 11.4. The molecule has 0 spiro atoms. The first-order chi connectivity index (χ1) is 8.74. The number of rotatable bonds is 1. The minimum Gasteiger partial charge on any atom is -0.313 e. The fourth-order valence-corrected chi connectivity index (χ4v) is 3.31. The van der Waals surface area contributed by atoms with Crippen LogP contribution in [-0.4, -0.2) is 55.6 Å². The number of benzene rings is 1. The highest BCUT2D eigenvalue weighted by molar-refractivity contribution is 5.26. The molecule has 1 aromatic carbocycles. The molecule has 2 saturated heterocycles. The fraction of sp³-hybridized carbons (Fsp3) is 0.600. The van der Waals surface area contributed by atoms with Crippen molar-refractivity contribution < 1.29 is 0 Å². The van der Waals surface area contributed by atoms with Crippen molar-refractivity contribution in [1.29, 1.82) is 0 Å². The van der Waals surface area contributed by atoms with Gasteiger partial charge in [0.25, 0.3) is 0 Å². The van der Waals surface area contributed by atoms with Crippen LogP contribution >= 0.6 is 0 Å². The highest BCUT2D eigenvalue weighted by atomic mass is 15.3. The normalized spacial score (nSPS) is 30.1. The SMILES string of the molecule is Cc1cccc(C2CNCC3CN(C)CCN32)c1. The summed E-state index contributed by atoms with van der Waals surface area (Å²) in [6.07, 6.45) is 0. The van der Waals surface area contributed by atoms with E-state index >= 15 is 0 Å². The van der Waals surface area contributed by atoms with E-state index in [9.17, 15) is 0 Å². The number of likely N-dealkylation sites (N-methyl/N-ethyl adjacent to an activating group) is 1. The molecule has 2 fully saturated rings. The molecule has 0 aromatic heterocycles. The summed E-state index contributed by atoms with van der Waals surface area (Å²) in [5.74, 6) is 0. The summed E-state index contributed by atoms with van der Waals surface area (Å²) in [6.45, 7) is 7.98. The van der Waals surface area contributed by atoms with Crippen LogP contribution in [0.1, 0.15) is 17.2 Å². The third kappa shape index (κ3) is 2.30. The molecule has 98 valence electrons. The molecule has 1 aromatic rings. The molecule has 2 heterocycles. The van der Waals surface area contributed by atoms with Crippen LogP contribution in [0.15, 0.2) is 24.3 Å². The molecule has 2 unspecified atom stereocenters. The average molecular weight is 245 g/mol. The third-order valence-corrected chi connectivity index (χ3v) is 4.28. The molecule has 3 heteroatoms. The van der Waals surface area contributed by atoms with Crippen molar-refractivity contribution in [2.45, 2.75) is 19.0 Å². The Morgan fingerprint density at radius 1 is 1.22 bits per heavy atom. The van der Waals surface area contributed by atoms with Crippen molar-refractivity contribution in [2.75, 3.05) is 39.8 Å². The van der Waals surface area contributed by atoms with E-state index < -0.39 is 0 Å². The molecule has 3 nitrogen and oxygen atoms in total. The van der Waals surface area contributed by atoms with Gasteiger partial charge in [-0.25, -0.2) is 0 Å². The molecule has 18 heavy (non-hydrogen) atoms. The maximum atomic E-state index is 3.60. The van der Waals surface area contributed by atoms with Gasteiger partial charge in [0.05, 0.1) is 0 Å². The maximum absolute atomic E-state index is 3.60. The van der Waals surface area contributed by atoms with Gasteiger partial charge in [-0.05, 0) is 19.5 Å². The lowest BCUT2D eigenvalue weighted by Crippen LogP contribution is -2.61. The summed E-state index contributed by atoms with van der Waals surface area (Å²) < 4.78 is 0. The van der Waals surface area contributed by atoms with E-state index in [1.165, 1.54) is 30.8 Å². The Bertz CT molecular complexity index is 418. The molecule has 1 N–H and O–H groups in total. The zero-order valence-electron chi connectivity index (χ0n) is 11.4. The van der Waals surface area contributed by atoms with E-state index in [1.807, 2.05) is 0 Å². The largest absolute Gasteiger partial charge is 0.313 e. The Morgan fingerprint density at radius 2 is 2.11 bits per heavy atom. The van der Waals surface area contributed by atoms with Crippen LogP contribution in [0.2, 0.25) is 0 Å². The zero-order chi connectivity index (χ0) is 12.5. The molecule has 2 atom stereocenters. The van der Waals surface area contributed by atoms with Gasteiger partial charge in [0.1, 0.15) is 0 Å². The molecule has 3 rings (SSSR count). The van der Waals surface area contributed by atoms with E-state index in [1.54, 1.807) is 0 Å². The number of fused-ring (bicyclic) bond motifs is 1. The topological polar surface area (TPSA) is 18.5 Å². The Hall–Kier alpha value is -0.900. The molecule has 0 amide bonds. The number of aryl methyl sites for hydroxylation is 1. The third-order valence-electron chi connectivity index (χ3n) is 4.28. The molecular weight excluding hydrogens is 222 g/mol. The second-order valence-electron chi connectivity index (χ2n) is 5.74. The highest BCUT2D eigenvalue weighted by Gasteiger charge is 2.34. The molecule has 0 saturated carbocycles. The number of piperazine rings is 2. The predicted octanol–water partition coefficient (Wildman–Crippen LogP) is 1.26. The van der Waals surface area contributed by atoms with Crippen molar-refractivity contribution in [1.82, 2.24) is 15.1 Å². The maximum Gasteiger partial charge on any atom is 0.0477 e. The van der Waals surface area contributed by atoms with Crippen molar-refractivity contribution in [3.8, 4) is 0 Å². The standard InChI is InChI=1S/C15H23N3/c1-12-4-3-5-13(8-12)15-10-16-9-14-11-17(2)6-7-18(14)15/h3-5,8,14-16H,6-7,9-11H2,1-2H3. The minimum atomic E-state index is 0.553. The highest BCUT2D eigenvalue weighted by Crippen LogP contribution is 2.27. The van der Waals surface area contributed by atoms with E-state index in [4.69, 9.17) is 0 Å². The minimum absolute atomic E-state index is 0.553. The Morgan fingerprint density at radius 3 is 2.94 bits per heavy atom. The summed E-state index contributed by atoms with van der Waals surface area (Å²) in [5.41, 5.74) is 2.83. The van der Waals surface area contributed by atoms with Crippen LogP contribution in [0.25, 0.3) is 0 Å². The lowest BCUT2D eigenvalue weighted by Gasteiger charge is -2.48. The molecule has 0 radical (unpaired) electrons. The quantitative estimate of drug-likeness (QED) is 0.803. The second-order valence-corrected chi connectivity index (χ2v) is 5.74. The first-order valence-electron chi connectivity index (χ1n) is 6.95. The van der Waals surface area contributed by atoms with Crippen molar-refractivity contribution in [3.05, 3.63) is 35.4 Å². The first kappa shape index (κ1) is 12.2. The molecule has 2 aliphatic heterocycles. The van der Waals surface area contributed by atoms with Crippen LogP contribution in [0, 0.1) is 6.92 Å². The van der Waals surface area contributed by atoms with E-state index in [2.05, 4.69) is 53.4 Å². The van der Waals surface area contributed by atoms with Gasteiger partial charge >= 0.3 is 0 Å². The van der Waals surface area contributed by atoms with Crippen molar-refractivity contribution in [2.24, 2.45) is 0 Å². The second kappa shape index (κ2) is 5.00. The molecule has 0 aliphatic carbocycles.